The molecule has 0 heterocycles. The number of halogens is 1. The van der Waals surface area contributed by atoms with E-state index in [1.54, 1.807) is 12.1 Å². The maximum atomic E-state index is 13.4. The monoisotopic (exact) mass is 489 g/mol. The molecular weight excluding hydrogens is 470 g/mol. The minimum atomic E-state index is -4.12. The van der Waals surface area contributed by atoms with Gasteiger partial charge in [0.2, 0.25) is 5.91 Å². The molecule has 0 aliphatic heterocycles. The number of nitro benzene ring substituents is 1. The zero-order valence-corrected chi connectivity index (χ0v) is 19.3. The molecule has 0 spiro atoms. The predicted molar refractivity (Wildman–Crippen MR) is 125 cm³/mol. The number of non-ortho nitro benzene ring substituents is 1. The van der Waals surface area contributed by atoms with Gasteiger partial charge in [-0.15, -0.1) is 0 Å². The largest absolute Gasteiger partial charge is 0.495 e. The van der Waals surface area contributed by atoms with E-state index in [1.165, 1.54) is 55.6 Å². The lowest BCUT2D eigenvalue weighted by atomic mass is 10.2. The number of carbonyl (C=O) groups excluding carboxylic acids is 1. The summed E-state index contributed by atoms with van der Waals surface area (Å²) in [5.74, 6) is -0.534. The SMILES string of the molecule is COc1ccc([N+](=O)[O-])cc1NC(=O)CN(c1ccc(Cl)cc1)S(=O)(=O)c1ccc(C)cc1. The van der Waals surface area contributed by atoms with Crippen molar-refractivity contribution in [2.24, 2.45) is 0 Å². The van der Waals surface area contributed by atoms with Crippen LogP contribution in [-0.2, 0) is 14.8 Å². The molecule has 0 aliphatic rings. The number of hydrogen-bond donors (Lipinski definition) is 1. The number of sulfonamides is 1. The molecular formula is C22H20ClN3O6S. The second kappa shape index (κ2) is 9.88. The van der Waals surface area contributed by atoms with E-state index in [1.807, 2.05) is 6.92 Å². The lowest BCUT2D eigenvalue weighted by molar-refractivity contribution is -0.384. The normalized spacial score (nSPS) is 11.0. The summed E-state index contributed by atoms with van der Waals surface area (Å²) < 4.78 is 32.9. The smallest absolute Gasteiger partial charge is 0.271 e. The molecule has 3 aromatic rings. The molecule has 11 heteroatoms. The molecule has 172 valence electrons. The molecule has 0 aromatic heterocycles. The first-order valence-electron chi connectivity index (χ1n) is 9.59. The first-order chi connectivity index (χ1) is 15.6. The maximum absolute atomic E-state index is 13.4. The van der Waals surface area contributed by atoms with E-state index in [0.29, 0.717) is 5.02 Å². The zero-order chi connectivity index (χ0) is 24.2. The summed E-state index contributed by atoms with van der Waals surface area (Å²) in [6.45, 7) is 1.23. The molecule has 0 fully saturated rings. The third-order valence-corrected chi connectivity index (χ3v) is 6.72. The Labute approximate surface area is 195 Å². The van der Waals surface area contributed by atoms with E-state index >= 15 is 0 Å². The first-order valence-corrected chi connectivity index (χ1v) is 11.4. The number of hydrogen-bond acceptors (Lipinski definition) is 6. The number of nitro groups is 1. The van der Waals surface area contributed by atoms with Crippen LogP contribution < -0.4 is 14.4 Å². The Morgan fingerprint density at radius 3 is 2.30 bits per heavy atom. The van der Waals surface area contributed by atoms with Gasteiger partial charge < -0.3 is 10.1 Å². The molecule has 0 atom stereocenters. The van der Waals surface area contributed by atoms with Gasteiger partial charge in [-0.2, -0.15) is 0 Å². The van der Waals surface area contributed by atoms with Gasteiger partial charge in [0, 0.05) is 17.2 Å². The fourth-order valence-corrected chi connectivity index (χ4v) is 4.53. The Morgan fingerprint density at radius 1 is 1.09 bits per heavy atom. The minimum absolute atomic E-state index is 0.00350. The van der Waals surface area contributed by atoms with Gasteiger partial charge in [0.05, 0.1) is 28.3 Å². The summed E-state index contributed by atoms with van der Waals surface area (Å²) in [5.41, 5.74) is 0.886. The number of aryl methyl sites for hydroxylation is 1. The van der Waals surface area contributed by atoms with Crippen LogP contribution >= 0.6 is 11.6 Å². The molecule has 33 heavy (non-hydrogen) atoms. The molecule has 0 radical (unpaired) electrons. The van der Waals surface area contributed by atoms with Crippen molar-refractivity contribution >= 4 is 44.6 Å². The Hall–Kier alpha value is -3.63. The summed E-state index contributed by atoms with van der Waals surface area (Å²) >= 11 is 5.94. The molecule has 3 aromatic carbocycles. The van der Waals surface area contributed by atoms with Crippen LogP contribution in [0, 0.1) is 17.0 Å². The second-order valence-electron chi connectivity index (χ2n) is 6.99. The highest BCUT2D eigenvalue weighted by molar-refractivity contribution is 7.92. The van der Waals surface area contributed by atoms with E-state index in [0.717, 1.165) is 15.9 Å². The summed E-state index contributed by atoms with van der Waals surface area (Å²) in [5, 5.41) is 14.0. The fourth-order valence-electron chi connectivity index (χ4n) is 2.99. The van der Waals surface area contributed by atoms with Crippen LogP contribution in [0.3, 0.4) is 0 Å². The Balaban J connectivity index is 1.96. The van der Waals surface area contributed by atoms with E-state index in [4.69, 9.17) is 16.3 Å². The van der Waals surface area contributed by atoms with Gasteiger partial charge in [-0.05, 0) is 49.4 Å². The summed E-state index contributed by atoms with van der Waals surface area (Å²) in [6, 6.07) is 15.9. The Morgan fingerprint density at radius 2 is 1.73 bits per heavy atom. The van der Waals surface area contributed by atoms with E-state index in [2.05, 4.69) is 5.32 Å². The van der Waals surface area contributed by atoms with Crippen molar-refractivity contribution in [1.29, 1.82) is 0 Å². The van der Waals surface area contributed by atoms with Crippen LogP contribution in [0.1, 0.15) is 5.56 Å². The molecule has 0 bridgehead atoms. The number of rotatable bonds is 8. The number of carbonyl (C=O) groups is 1. The number of ether oxygens (including phenoxy) is 1. The fraction of sp³-hybridized carbons (Fsp3) is 0.136. The second-order valence-corrected chi connectivity index (χ2v) is 9.29. The minimum Gasteiger partial charge on any atom is -0.495 e. The highest BCUT2D eigenvalue weighted by Crippen LogP contribution is 2.30. The number of amides is 1. The van der Waals surface area contributed by atoms with Crippen molar-refractivity contribution in [2.75, 3.05) is 23.3 Å². The number of benzene rings is 3. The first kappa shape index (κ1) is 24.0. The number of nitrogens with one attached hydrogen (secondary N) is 1. The standard InChI is InChI=1S/C22H20ClN3O6S/c1-15-3-10-19(11-4-15)33(30,31)25(17-7-5-16(23)6-8-17)14-22(27)24-20-13-18(26(28)29)9-12-21(20)32-2/h3-13H,14H2,1-2H3,(H,24,27). The topological polar surface area (TPSA) is 119 Å². The third kappa shape index (κ3) is 5.60. The quantitative estimate of drug-likeness (QED) is 0.370. The van der Waals surface area contributed by atoms with Gasteiger partial charge >= 0.3 is 0 Å². The predicted octanol–water partition coefficient (Wildman–Crippen LogP) is 4.40. The highest BCUT2D eigenvalue weighted by Gasteiger charge is 2.28. The van der Waals surface area contributed by atoms with Crippen molar-refractivity contribution in [3.8, 4) is 5.75 Å². The van der Waals surface area contributed by atoms with E-state index < -0.39 is 27.4 Å². The molecule has 0 aliphatic carbocycles. The van der Waals surface area contributed by atoms with E-state index in [-0.39, 0.29) is 27.7 Å². The molecule has 0 saturated carbocycles. The average Bonchev–Trinajstić information content (AvgIpc) is 2.78. The maximum Gasteiger partial charge on any atom is 0.271 e. The molecule has 1 N–H and O–H groups in total. The molecule has 9 nitrogen and oxygen atoms in total. The van der Waals surface area contributed by atoms with Crippen LogP contribution in [0.4, 0.5) is 17.1 Å². The average molecular weight is 490 g/mol. The lowest BCUT2D eigenvalue weighted by Crippen LogP contribution is -2.38. The van der Waals surface area contributed by atoms with Crippen molar-refractivity contribution in [3.05, 3.63) is 87.4 Å². The highest BCUT2D eigenvalue weighted by atomic mass is 35.5. The van der Waals surface area contributed by atoms with Crippen molar-refractivity contribution < 1.29 is 22.9 Å². The van der Waals surface area contributed by atoms with Gasteiger partial charge in [-0.1, -0.05) is 29.3 Å². The molecule has 3 rings (SSSR count). The van der Waals surface area contributed by atoms with Crippen molar-refractivity contribution in [3.63, 3.8) is 0 Å². The number of anilines is 2. The zero-order valence-electron chi connectivity index (χ0n) is 17.7. The number of methoxy groups -OCH3 is 1. The van der Waals surface area contributed by atoms with Crippen LogP contribution in [0.5, 0.6) is 5.75 Å². The molecule has 0 unspecified atom stereocenters. The molecule has 1 amide bonds. The van der Waals surface area contributed by atoms with Gasteiger partial charge in [-0.3, -0.25) is 19.2 Å². The Kier molecular flexibility index (Phi) is 7.19. The van der Waals surface area contributed by atoms with Gasteiger partial charge in [0.25, 0.3) is 15.7 Å². The van der Waals surface area contributed by atoms with Crippen molar-refractivity contribution in [2.45, 2.75) is 11.8 Å². The van der Waals surface area contributed by atoms with Crippen LogP contribution in [-0.4, -0.2) is 32.9 Å². The summed E-state index contributed by atoms with van der Waals surface area (Å²) in [4.78, 5) is 23.4. The summed E-state index contributed by atoms with van der Waals surface area (Å²) in [6.07, 6.45) is 0. The van der Waals surface area contributed by atoms with Gasteiger partial charge in [-0.25, -0.2) is 8.42 Å². The van der Waals surface area contributed by atoms with Crippen LogP contribution in [0.15, 0.2) is 71.6 Å². The van der Waals surface area contributed by atoms with Gasteiger partial charge in [0.1, 0.15) is 12.3 Å². The van der Waals surface area contributed by atoms with Crippen LogP contribution in [0.25, 0.3) is 0 Å². The third-order valence-electron chi connectivity index (χ3n) is 4.68. The Bertz CT molecular complexity index is 1280. The molecule has 0 saturated heterocycles. The van der Waals surface area contributed by atoms with Crippen molar-refractivity contribution in [1.82, 2.24) is 0 Å². The van der Waals surface area contributed by atoms with E-state index in [9.17, 15) is 23.3 Å². The lowest BCUT2D eigenvalue weighted by Gasteiger charge is -2.24. The van der Waals surface area contributed by atoms with Gasteiger partial charge in [0.15, 0.2) is 0 Å². The van der Waals surface area contributed by atoms with Crippen LogP contribution in [0.2, 0.25) is 5.02 Å². The number of nitrogens with zero attached hydrogens (tertiary/aromatic N) is 2. The summed E-state index contributed by atoms with van der Waals surface area (Å²) in [7, 11) is -2.77.